The summed E-state index contributed by atoms with van der Waals surface area (Å²) in [5.74, 6) is 2.39. The predicted octanol–water partition coefficient (Wildman–Crippen LogP) is 2.90. The number of benzene rings is 1. The van der Waals surface area contributed by atoms with Crippen LogP contribution in [0.1, 0.15) is 23.3 Å². The van der Waals surface area contributed by atoms with Gasteiger partial charge in [-0.2, -0.15) is 0 Å². The van der Waals surface area contributed by atoms with Crippen molar-refractivity contribution in [1.82, 2.24) is 10.6 Å². The maximum atomic E-state index is 5.45. The zero-order valence-corrected chi connectivity index (χ0v) is 14.8. The molecule has 1 saturated heterocycles. The lowest BCUT2D eigenvalue weighted by molar-refractivity contribution is 0.186. The second kappa shape index (κ2) is 9.28. The summed E-state index contributed by atoms with van der Waals surface area (Å²) in [5, 5.41) is 6.85. The van der Waals surface area contributed by atoms with E-state index in [1.807, 2.05) is 12.1 Å². The molecule has 134 valence electrons. The van der Waals surface area contributed by atoms with Crippen LogP contribution in [-0.4, -0.2) is 32.3 Å². The van der Waals surface area contributed by atoms with Crippen molar-refractivity contribution in [3.05, 3.63) is 59.5 Å². The highest BCUT2D eigenvalue weighted by Gasteiger charge is 2.15. The normalized spacial score (nSPS) is 17.6. The van der Waals surface area contributed by atoms with Gasteiger partial charge in [0, 0.05) is 32.0 Å². The van der Waals surface area contributed by atoms with Crippen LogP contribution in [0.3, 0.4) is 0 Å². The first-order valence-corrected chi connectivity index (χ1v) is 8.97. The van der Waals surface area contributed by atoms with Crippen LogP contribution < -0.4 is 10.6 Å². The number of aliphatic imine (C=N–C) groups is 1. The second-order valence-corrected chi connectivity index (χ2v) is 6.52. The molecule has 2 aromatic rings. The number of aryl methyl sites for hydroxylation is 1. The third-order valence-corrected chi connectivity index (χ3v) is 4.37. The van der Waals surface area contributed by atoms with Gasteiger partial charge in [-0.25, -0.2) is 4.99 Å². The van der Waals surface area contributed by atoms with Gasteiger partial charge in [-0.05, 0) is 31.0 Å². The number of nitrogens with one attached hydrogen (secondary N) is 2. The minimum Gasteiger partial charge on any atom is -0.469 e. The molecule has 0 bridgehead atoms. The van der Waals surface area contributed by atoms with Gasteiger partial charge in [-0.3, -0.25) is 0 Å². The van der Waals surface area contributed by atoms with Crippen LogP contribution in [0.4, 0.5) is 0 Å². The molecule has 0 saturated carbocycles. The number of guanidine groups is 1. The summed E-state index contributed by atoms with van der Waals surface area (Å²) >= 11 is 0. The predicted molar refractivity (Wildman–Crippen MR) is 99.7 cm³/mol. The highest BCUT2D eigenvalue weighted by atomic mass is 16.5. The maximum Gasteiger partial charge on any atom is 0.191 e. The van der Waals surface area contributed by atoms with Crippen LogP contribution in [0.25, 0.3) is 0 Å². The van der Waals surface area contributed by atoms with Crippen LogP contribution in [0.2, 0.25) is 0 Å². The smallest absolute Gasteiger partial charge is 0.191 e. The summed E-state index contributed by atoms with van der Waals surface area (Å²) in [6.45, 7) is 6.14. The Morgan fingerprint density at radius 2 is 2.08 bits per heavy atom. The molecular formula is C20H27N3O2. The van der Waals surface area contributed by atoms with E-state index in [1.54, 1.807) is 6.26 Å². The molecule has 1 unspecified atom stereocenters. The molecule has 5 heteroatoms. The first-order valence-electron chi connectivity index (χ1n) is 8.97. The molecule has 2 heterocycles. The van der Waals surface area contributed by atoms with Gasteiger partial charge in [0.25, 0.3) is 0 Å². The standard InChI is InChI=1S/C20H27N3O2/c1-16-4-6-17(7-5-16)13-22-20(23-14-18-9-12-24-15-18)21-10-8-19-3-2-11-25-19/h2-7,11,18H,8-10,12-15H2,1H3,(H2,21,22,23). The van der Waals surface area contributed by atoms with Crippen molar-refractivity contribution in [3.63, 3.8) is 0 Å². The quantitative estimate of drug-likeness (QED) is 0.600. The van der Waals surface area contributed by atoms with Gasteiger partial charge >= 0.3 is 0 Å². The average molecular weight is 341 g/mol. The van der Waals surface area contributed by atoms with Gasteiger partial charge in [-0.1, -0.05) is 29.8 Å². The van der Waals surface area contributed by atoms with Crippen molar-refractivity contribution in [2.75, 3.05) is 26.3 Å². The molecule has 0 spiro atoms. The van der Waals surface area contributed by atoms with Crippen LogP contribution in [0, 0.1) is 12.8 Å². The molecule has 0 amide bonds. The first-order chi connectivity index (χ1) is 12.3. The van der Waals surface area contributed by atoms with Gasteiger partial charge in [-0.15, -0.1) is 0 Å². The van der Waals surface area contributed by atoms with E-state index >= 15 is 0 Å². The fourth-order valence-electron chi connectivity index (χ4n) is 2.78. The summed E-state index contributed by atoms with van der Waals surface area (Å²) in [4.78, 5) is 4.73. The first kappa shape index (κ1) is 17.5. The van der Waals surface area contributed by atoms with E-state index < -0.39 is 0 Å². The van der Waals surface area contributed by atoms with Gasteiger partial charge in [0.05, 0.1) is 19.4 Å². The Bertz CT molecular complexity index is 644. The summed E-state index contributed by atoms with van der Waals surface area (Å²) < 4.78 is 10.8. The van der Waals surface area contributed by atoms with E-state index in [1.165, 1.54) is 11.1 Å². The van der Waals surface area contributed by atoms with E-state index in [-0.39, 0.29) is 0 Å². The SMILES string of the molecule is Cc1ccc(CN=C(NCCc2ccco2)NCC2CCOC2)cc1. The maximum absolute atomic E-state index is 5.45. The van der Waals surface area contributed by atoms with E-state index in [0.717, 1.165) is 50.9 Å². The Morgan fingerprint density at radius 3 is 2.80 bits per heavy atom. The number of nitrogens with zero attached hydrogens (tertiary/aromatic N) is 1. The number of rotatable bonds is 7. The lowest BCUT2D eigenvalue weighted by Crippen LogP contribution is -2.40. The van der Waals surface area contributed by atoms with E-state index in [9.17, 15) is 0 Å². The second-order valence-electron chi connectivity index (χ2n) is 6.52. The summed E-state index contributed by atoms with van der Waals surface area (Å²) in [5.41, 5.74) is 2.48. The number of ether oxygens (including phenoxy) is 1. The number of hydrogen-bond acceptors (Lipinski definition) is 3. The molecule has 5 nitrogen and oxygen atoms in total. The Kier molecular flexibility index (Phi) is 6.51. The minimum absolute atomic E-state index is 0.566. The molecule has 1 aromatic heterocycles. The topological polar surface area (TPSA) is 58.8 Å². The van der Waals surface area contributed by atoms with Crippen LogP contribution >= 0.6 is 0 Å². The van der Waals surface area contributed by atoms with Crippen molar-refractivity contribution in [2.24, 2.45) is 10.9 Å². The fourth-order valence-corrected chi connectivity index (χ4v) is 2.78. The molecule has 1 fully saturated rings. The highest BCUT2D eigenvalue weighted by Crippen LogP contribution is 2.10. The zero-order valence-electron chi connectivity index (χ0n) is 14.8. The minimum atomic E-state index is 0.566. The Morgan fingerprint density at radius 1 is 1.20 bits per heavy atom. The van der Waals surface area contributed by atoms with Crippen molar-refractivity contribution in [3.8, 4) is 0 Å². The molecule has 1 atom stereocenters. The van der Waals surface area contributed by atoms with Gasteiger partial charge in [0.15, 0.2) is 5.96 Å². The van der Waals surface area contributed by atoms with Crippen LogP contribution in [0.15, 0.2) is 52.1 Å². The molecule has 0 radical (unpaired) electrons. The molecule has 1 aliphatic heterocycles. The Hall–Kier alpha value is -2.27. The largest absolute Gasteiger partial charge is 0.469 e. The number of furan rings is 1. The highest BCUT2D eigenvalue weighted by molar-refractivity contribution is 5.79. The van der Waals surface area contributed by atoms with E-state index in [2.05, 4.69) is 41.8 Å². The lowest BCUT2D eigenvalue weighted by atomic mass is 10.1. The summed E-state index contributed by atoms with van der Waals surface area (Å²) in [6, 6.07) is 12.4. The van der Waals surface area contributed by atoms with Crippen LogP contribution in [0.5, 0.6) is 0 Å². The fraction of sp³-hybridized carbons (Fsp3) is 0.450. The van der Waals surface area contributed by atoms with Crippen molar-refractivity contribution in [1.29, 1.82) is 0 Å². The number of hydrogen-bond donors (Lipinski definition) is 2. The third-order valence-electron chi connectivity index (χ3n) is 4.37. The molecule has 1 aliphatic rings. The van der Waals surface area contributed by atoms with Crippen molar-refractivity contribution >= 4 is 5.96 Å². The van der Waals surface area contributed by atoms with Gasteiger partial charge in [0.1, 0.15) is 5.76 Å². The summed E-state index contributed by atoms with van der Waals surface area (Å²) in [7, 11) is 0. The molecule has 1 aromatic carbocycles. The van der Waals surface area contributed by atoms with E-state index in [4.69, 9.17) is 14.1 Å². The molecule has 25 heavy (non-hydrogen) atoms. The lowest BCUT2D eigenvalue weighted by Gasteiger charge is -2.15. The zero-order chi connectivity index (χ0) is 17.3. The van der Waals surface area contributed by atoms with Crippen LogP contribution in [-0.2, 0) is 17.7 Å². The molecule has 0 aliphatic carbocycles. The Balaban J connectivity index is 1.53. The van der Waals surface area contributed by atoms with Gasteiger partial charge < -0.3 is 19.8 Å². The monoisotopic (exact) mass is 341 g/mol. The Labute approximate surface area is 149 Å². The average Bonchev–Trinajstić information content (AvgIpc) is 3.32. The summed E-state index contributed by atoms with van der Waals surface area (Å²) in [6.07, 6.45) is 3.66. The molecule has 2 N–H and O–H groups in total. The van der Waals surface area contributed by atoms with E-state index in [0.29, 0.717) is 12.5 Å². The molecule has 3 rings (SSSR count). The van der Waals surface area contributed by atoms with Gasteiger partial charge in [0.2, 0.25) is 0 Å². The third kappa shape index (κ3) is 5.94. The van der Waals surface area contributed by atoms with Crippen molar-refractivity contribution in [2.45, 2.75) is 26.3 Å². The van der Waals surface area contributed by atoms with Crippen molar-refractivity contribution < 1.29 is 9.15 Å². The molecular weight excluding hydrogens is 314 g/mol.